The molecule has 148 valence electrons. The first kappa shape index (κ1) is 20.1. The lowest BCUT2D eigenvalue weighted by Crippen LogP contribution is -2.26. The summed E-state index contributed by atoms with van der Waals surface area (Å²) in [6.45, 7) is 2.64. The van der Waals surface area contributed by atoms with Crippen molar-refractivity contribution in [3.05, 3.63) is 90.0 Å². The number of carbonyl (C=O) groups is 2. The Kier molecular flexibility index (Phi) is 6.63. The number of nitrogens with one attached hydrogen (secondary N) is 1. The largest absolute Gasteiger partial charge is 0.494 e. The van der Waals surface area contributed by atoms with Gasteiger partial charge in [0.05, 0.1) is 6.61 Å². The van der Waals surface area contributed by atoms with E-state index in [0.29, 0.717) is 29.2 Å². The lowest BCUT2D eigenvalue weighted by atomic mass is 10.1. The van der Waals surface area contributed by atoms with Crippen LogP contribution in [-0.2, 0) is 0 Å². The Morgan fingerprint density at radius 2 is 1.62 bits per heavy atom. The molecule has 0 aliphatic heterocycles. The third kappa shape index (κ3) is 5.23. The third-order valence-corrected chi connectivity index (χ3v) is 4.41. The minimum atomic E-state index is -0.229. The minimum Gasteiger partial charge on any atom is -0.494 e. The summed E-state index contributed by atoms with van der Waals surface area (Å²) in [6.07, 6.45) is 0.904. The number of nitrogens with zero attached hydrogens (tertiary/aromatic N) is 1. The Hall–Kier alpha value is -3.60. The van der Waals surface area contributed by atoms with E-state index in [1.54, 1.807) is 54.4 Å². The molecule has 0 saturated heterocycles. The predicted molar refractivity (Wildman–Crippen MR) is 116 cm³/mol. The van der Waals surface area contributed by atoms with Crippen LogP contribution >= 0.6 is 0 Å². The van der Waals surface area contributed by atoms with E-state index in [-0.39, 0.29) is 11.8 Å². The van der Waals surface area contributed by atoms with Crippen molar-refractivity contribution in [1.82, 2.24) is 0 Å². The van der Waals surface area contributed by atoms with Gasteiger partial charge in [-0.3, -0.25) is 9.59 Å². The molecule has 29 heavy (non-hydrogen) atoms. The number of rotatable bonds is 7. The zero-order chi connectivity index (χ0) is 20.6. The maximum Gasteiger partial charge on any atom is 0.258 e. The number of carbonyl (C=O) groups excluding carboxylic acids is 2. The summed E-state index contributed by atoms with van der Waals surface area (Å²) in [4.78, 5) is 26.8. The van der Waals surface area contributed by atoms with Crippen molar-refractivity contribution in [3.8, 4) is 5.75 Å². The van der Waals surface area contributed by atoms with E-state index in [1.165, 1.54) is 0 Å². The third-order valence-electron chi connectivity index (χ3n) is 4.41. The first-order chi connectivity index (χ1) is 14.1. The number of benzene rings is 3. The van der Waals surface area contributed by atoms with Crippen molar-refractivity contribution in [2.45, 2.75) is 13.3 Å². The molecular formula is C24H24N2O3. The summed E-state index contributed by atoms with van der Waals surface area (Å²) in [5.74, 6) is 0.326. The van der Waals surface area contributed by atoms with Gasteiger partial charge in [0.25, 0.3) is 11.8 Å². The number of hydrogen-bond acceptors (Lipinski definition) is 3. The molecular weight excluding hydrogens is 364 g/mol. The van der Waals surface area contributed by atoms with Gasteiger partial charge in [0.15, 0.2) is 0 Å². The highest BCUT2D eigenvalue weighted by Gasteiger charge is 2.14. The van der Waals surface area contributed by atoms with Crippen LogP contribution in [0.5, 0.6) is 5.75 Å². The maximum absolute atomic E-state index is 12.6. The van der Waals surface area contributed by atoms with Gasteiger partial charge in [-0.1, -0.05) is 31.2 Å². The zero-order valence-corrected chi connectivity index (χ0v) is 16.6. The van der Waals surface area contributed by atoms with Crippen molar-refractivity contribution < 1.29 is 14.3 Å². The van der Waals surface area contributed by atoms with Crippen molar-refractivity contribution in [1.29, 1.82) is 0 Å². The monoisotopic (exact) mass is 388 g/mol. The first-order valence-corrected chi connectivity index (χ1v) is 9.56. The highest BCUT2D eigenvalue weighted by molar-refractivity contribution is 6.07. The van der Waals surface area contributed by atoms with E-state index in [4.69, 9.17) is 4.74 Å². The molecule has 0 bridgehead atoms. The summed E-state index contributed by atoms with van der Waals surface area (Å²) in [5.41, 5.74) is 2.50. The SMILES string of the molecule is CCCOc1cccc(C(=O)Nc2ccc(C(=O)N(C)c3ccccc3)cc2)c1. The number of para-hydroxylation sites is 1. The van der Waals surface area contributed by atoms with Crippen LogP contribution in [0.25, 0.3) is 0 Å². The van der Waals surface area contributed by atoms with Crippen LogP contribution < -0.4 is 15.0 Å². The van der Waals surface area contributed by atoms with E-state index >= 15 is 0 Å². The van der Waals surface area contributed by atoms with Gasteiger partial charge < -0.3 is 15.0 Å². The van der Waals surface area contributed by atoms with Gasteiger partial charge in [-0.05, 0) is 61.0 Å². The molecule has 3 aromatic carbocycles. The second-order valence-corrected chi connectivity index (χ2v) is 6.61. The molecule has 0 heterocycles. The zero-order valence-electron chi connectivity index (χ0n) is 16.6. The Morgan fingerprint density at radius 1 is 0.897 bits per heavy atom. The van der Waals surface area contributed by atoms with Crippen molar-refractivity contribution in [2.24, 2.45) is 0 Å². The topological polar surface area (TPSA) is 58.6 Å². The number of anilines is 2. The lowest BCUT2D eigenvalue weighted by molar-refractivity contribution is 0.0991. The standard InChI is InChI=1S/C24H24N2O3/c1-3-16-29-22-11-7-8-19(17-22)23(27)25-20-14-12-18(13-15-20)24(28)26(2)21-9-5-4-6-10-21/h4-15,17H,3,16H2,1-2H3,(H,25,27). The molecule has 0 aliphatic rings. The summed E-state index contributed by atoms with van der Waals surface area (Å²) < 4.78 is 5.58. The van der Waals surface area contributed by atoms with Gasteiger partial charge in [0, 0.05) is 29.5 Å². The van der Waals surface area contributed by atoms with Gasteiger partial charge in [-0.25, -0.2) is 0 Å². The van der Waals surface area contributed by atoms with E-state index in [9.17, 15) is 9.59 Å². The van der Waals surface area contributed by atoms with Crippen molar-refractivity contribution in [3.63, 3.8) is 0 Å². The van der Waals surface area contributed by atoms with E-state index in [0.717, 1.165) is 12.1 Å². The Morgan fingerprint density at radius 3 is 2.31 bits per heavy atom. The van der Waals surface area contributed by atoms with Gasteiger partial charge in [-0.15, -0.1) is 0 Å². The molecule has 0 fully saturated rings. The van der Waals surface area contributed by atoms with Gasteiger partial charge in [-0.2, -0.15) is 0 Å². The van der Waals surface area contributed by atoms with Crippen LogP contribution in [0.4, 0.5) is 11.4 Å². The van der Waals surface area contributed by atoms with Crippen molar-refractivity contribution >= 4 is 23.2 Å². The lowest BCUT2D eigenvalue weighted by Gasteiger charge is -2.17. The summed E-state index contributed by atoms with van der Waals surface area (Å²) >= 11 is 0. The van der Waals surface area contributed by atoms with E-state index < -0.39 is 0 Å². The molecule has 0 aromatic heterocycles. The molecule has 0 atom stereocenters. The molecule has 5 heteroatoms. The normalized spacial score (nSPS) is 10.3. The molecule has 3 rings (SSSR count). The van der Waals surface area contributed by atoms with Gasteiger partial charge in [0.1, 0.15) is 5.75 Å². The maximum atomic E-state index is 12.6. The summed E-state index contributed by atoms with van der Waals surface area (Å²) in [5, 5.41) is 2.85. The smallest absolute Gasteiger partial charge is 0.258 e. The fraction of sp³-hybridized carbons (Fsp3) is 0.167. The Bertz CT molecular complexity index is 969. The van der Waals surface area contributed by atoms with Crippen LogP contribution in [-0.4, -0.2) is 25.5 Å². The molecule has 0 aliphatic carbocycles. The second-order valence-electron chi connectivity index (χ2n) is 6.61. The van der Waals surface area contributed by atoms with E-state index in [1.807, 2.05) is 43.3 Å². The Labute approximate surface area is 170 Å². The van der Waals surface area contributed by atoms with Gasteiger partial charge in [0.2, 0.25) is 0 Å². The van der Waals surface area contributed by atoms with Gasteiger partial charge >= 0.3 is 0 Å². The highest BCUT2D eigenvalue weighted by atomic mass is 16.5. The first-order valence-electron chi connectivity index (χ1n) is 9.56. The van der Waals surface area contributed by atoms with Crippen LogP contribution in [0.15, 0.2) is 78.9 Å². The highest BCUT2D eigenvalue weighted by Crippen LogP contribution is 2.18. The van der Waals surface area contributed by atoms with Crippen LogP contribution in [0.3, 0.4) is 0 Å². The molecule has 3 aromatic rings. The molecule has 2 amide bonds. The number of amides is 2. The average Bonchev–Trinajstić information content (AvgIpc) is 2.78. The molecule has 0 radical (unpaired) electrons. The molecule has 0 spiro atoms. The quantitative estimate of drug-likeness (QED) is 0.619. The number of ether oxygens (including phenoxy) is 1. The molecule has 0 saturated carbocycles. The number of hydrogen-bond donors (Lipinski definition) is 1. The van der Waals surface area contributed by atoms with E-state index in [2.05, 4.69) is 5.32 Å². The van der Waals surface area contributed by atoms with Crippen molar-refractivity contribution in [2.75, 3.05) is 23.9 Å². The van der Waals surface area contributed by atoms with Crippen LogP contribution in [0.1, 0.15) is 34.1 Å². The predicted octanol–water partition coefficient (Wildman–Crippen LogP) is 5.00. The fourth-order valence-corrected chi connectivity index (χ4v) is 2.81. The van der Waals surface area contributed by atoms with Crippen LogP contribution in [0, 0.1) is 0 Å². The Balaban J connectivity index is 1.66. The average molecular weight is 388 g/mol. The fourth-order valence-electron chi connectivity index (χ4n) is 2.81. The summed E-state index contributed by atoms with van der Waals surface area (Å²) in [7, 11) is 1.74. The van der Waals surface area contributed by atoms with Crippen LogP contribution in [0.2, 0.25) is 0 Å². The second kappa shape index (κ2) is 9.55. The minimum absolute atomic E-state index is 0.116. The molecule has 5 nitrogen and oxygen atoms in total. The molecule has 0 unspecified atom stereocenters. The summed E-state index contributed by atoms with van der Waals surface area (Å²) in [6, 6.07) is 23.4. The molecule has 1 N–H and O–H groups in total.